The summed E-state index contributed by atoms with van der Waals surface area (Å²) in [4.78, 5) is 27.1. The van der Waals surface area contributed by atoms with Gasteiger partial charge in [-0.05, 0) is 20.8 Å². The number of nitrogens with zero attached hydrogens (tertiary/aromatic N) is 4. The van der Waals surface area contributed by atoms with Crippen molar-refractivity contribution < 1.29 is 31.2 Å². The normalized spacial score (nSPS) is 16.0. The number of amides is 1. The van der Waals surface area contributed by atoms with Crippen LogP contribution in [-0.4, -0.2) is 76.5 Å². The summed E-state index contributed by atoms with van der Waals surface area (Å²) in [6, 6.07) is 7.96. The van der Waals surface area contributed by atoms with Crippen LogP contribution in [0.4, 0.5) is 9.93 Å². The predicted molar refractivity (Wildman–Crippen MR) is 146 cm³/mol. The Kier molecular flexibility index (Phi) is 8.57. The molecule has 1 amide bonds. The number of aliphatic imine (C=N–C) groups is 1. The topological polar surface area (TPSA) is 79.3 Å². The van der Waals surface area contributed by atoms with Crippen molar-refractivity contribution in [1.82, 2.24) is 14.8 Å². The number of ether oxygens (including phenoxy) is 2. The molecule has 2 aliphatic heterocycles. The van der Waals surface area contributed by atoms with Gasteiger partial charge in [0.25, 0.3) is 0 Å². The second-order valence-corrected chi connectivity index (χ2v) is 11.7. The third-order valence-corrected chi connectivity index (χ3v) is 7.35. The molecule has 0 radical (unpaired) electrons. The second kappa shape index (κ2) is 11.7. The Morgan fingerprint density at radius 1 is 1.11 bits per heavy atom. The fourth-order valence-corrected chi connectivity index (χ4v) is 5.37. The maximum atomic E-state index is 12.4. The average Bonchev–Trinajstić information content (AvgIpc) is 3.06. The van der Waals surface area contributed by atoms with Gasteiger partial charge < -0.3 is 0 Å². The number of benzene rings is 1. The molecular formula is C27H33N5O3SV. The van der Waals surface area contributed by atoms with Gasteiger partial charge in [-0.25, -0.2) is 0 Å². The van der Waals surface area contributed by atoms with E-state index in [1.165, 1.54) is 0 Å². The van der Waals surface area contributed by atoms with Gasteiger partial charge >= 0.3 is 211 Å². The first-order valence-corrected chi connectivity index (χ1v) is 13.7. The molecule has 0 bridgehead atoms. The number of methoxy groups -OCH3 is 1. The summed E-state index contributed by atoms with van der Waals surface area (Å²) in [7, 11) is 1.67. The second-order valence-electron chi connectivity index (χ2n) is 9.77. The van der Waals surface area contributed by atoms with Gasteiger partial charge in [0.2, 0.25) is 0 Å². The zero-order valence-electron chi connectivity index (χ0n) is 21.9. The first-order chi connectivity index (χ1) is 17.6. The summed E-state index contributed by atoms with van der Waals surface area (Å²) in [6.07, 6.45) is 5.98. The van der Waals surface area contributed by atoms with E-state index in [-0.39, 0.29) is 6.09 Å². The minimum atomic E-state index is -0.486. The van der Waals surface area contributed by atoms with Crippen molar-refractivity contribution in [1.29, 1.82) is 0 Å². The van der Waals surface area contributed by atoms with Gasteiger partial charge in [-0.3, -0.25) is 0 Å². The van der Waals surface area contributed by atoms with Gasteiger partial charge in [0.05, 0.1) is 0 Å². The summed E-state index contributed by atoms with van der Waals surface area (Å²) in [5, 5.41) is 4.30. The predicted octanol–water partition coefficient (Wildman–Crippen LogP) is 4.66. The molecule has 1 aromatic heterocycles. The molecule has 195 valence electrons. The van der Waals surface area contributed by atoms with Crippen molar-refractivity contribution in [3.63, 3.8) is 0 Å². The zero-order valence-corrected chi connectivity index (χ0v) is 24.2. The van der Waals surface area contributed by atoms with Crippen LogP contribution in [0.3, 0.4) is 0 Å². The monoisotopic (exact) mass is 558 g/mol. The Balaban J connectivity index is 1.33. The first kappa shape index (κ1) is 27.2. The van der Waals surface area contributed by atoms with E-state index in [1.807, 2.05) is 51.1 Å². The Labute approximate surface area is 231 Å². The molecule has 8 nitrogen and oxygen atoms in total. The molecule has 3 heterocycles. The Hall–Kier alpha value is -2.88. The van der Waals surface area contributed by atoms with Crippen LogP contribution in [0.15, 0.2) is 53.1 Å². The van der Waals surface area contributed by atoms with Crippen molar-refractivity contribution >= 4 is 32.7 Å². The van der Waals surface area contributed by atoms with Gasteiger partial charge in [-0.1, -0.05) is 0 Å². The number of nitrogens with one attached hydrogen (secondary N) is 1. The Bertz CT molecular complexity index is 1240. The number of anilines is 1. The number of hydrogen-bond acceptors (Lipinski definition) is 8. The summed E-state index contributed by atoms with van der Waals surface area (Å²) in [5.41, 5.74) is 2.61. The first-order valence-electron chi connectivity index (χ1n) is 12.2. The number of carbonyl (C=O) groups is 1. The maximum absolute atomic E-state index is 12.4. The van der Waals surface area contributed by atoms with Crippen molar-refractivity contribution in [3.05, 3.63) is 52.9 Å². The molecule has 0 spiro atoms. The molecule has 1 aromatic carbocycles. The average molecular weight is 559 g/mol. The van der Waals surface area contributed by atoms with Crippen LogP contribution in [-0.2, 0) is 21.7 Å². The van der Waals surface area contributed by atoms with E-state index in [2.05, 4.69) is 46.3 Å². The molecule has 1 fully saturated rings. The molecule has 4 rings (SSSR count). The van der Waals surface area contributed by atoms with Crippen LogP contribution in [0.2, 0.25) is 0 Å². The SMILES string of the molecule is COc1ccc(-c2nc(N[C](=[V])C3=CCN=C(N4CCN(C(=O)OC(C)(C)C)CC4)C=C3)sc2C)cc1. The molecule has 0 atom stereocenters. The van der Waals surface area contributed by atoms with Crippen molar-refractivity contribution in [2.75, 3.05) is 45.2 Å². The number of thiazole rings is 1. The summed E-state index contributed by atoms with van der Waals surface area (Å²) < 4.78 is 11.7. The fraction of sp³-hybridized carbons (Fsp3) is 0.407. The Morgan fingerprint density at radius 3 is 2.46 bits per heavy atom. The molecular weight excluding hydrogens is 525 g/mol. The summed E-state index contributed by atoms with van der Waals surface area (Å²) in [5.74, 6) is 1.76. The standard InChI is InChI=1S/C27H33N5O3S.V/c1-19-24(21-7-9-22(34-5)10-8-21)30-25(36-19)29-18-20-6-11-23(28-13-12-20)31-14-16-32(17-15-31)26(33)35-27(2,3)4;/h6-12H,13-17H2,1-5H3,(H,29,30);. The molecule has 0 aliphatic carbocycles. The van der Waals surface area contributed by atoms with Gasteiger partial charge in [0.1, 0.15) is 0 Å². The number of rotatable bonds is 5. The number of carbonyl (C=O) groups excluding carboxylic acids is 1. The summed E-state index contributed by atoms with van der Waals surface area (Å²) >= 11 is 4.24. The van der Waals surface area contributed by atoms with Crippen LogP contribution >= 0.6 is 11.3 Å². The quantitative estimate of drug-likeness (QED) is 0.575. The number of piperazine rings is 1. The third-order valence-electron chi connectivity index (χ3n) is 5.89. The summed E-state index contributed by atoms with van der Waals surface area (Å²) in [6.45, 7) is 11.0. The molecule has 0 unspecified atom stereocenters. The molecule has 1 N–H and O–H groups in total. The Morgan fingerprint density at radius 2 is 1.81 bits per heavy atom. The number of hydrogen-bond donors (Lipinski definition) is 1. The van der Waals surface area contributed by atoms with E-state index in [9.17, 15) is 4.79 Å². The van der Waals surface area contributed by atoms with Gasteiger partial charge in [-0.15, -0.1) is 0 Å². The minimum absolute atomic E-state index is 0.254. The molecule has 2 aliphatic rings. The fourth-order valence-electron chi connectivity index (χ4n) is 3.99. The molecule has 2 aromatic rings. The van der Waals surface area contributed by atoms with E-state index in [0.29, 0.717) is 19.6 Å². The molecule has 1 saturated heterocycles. The third kappa shape index (κ3) is 7.12. The van der Waals surface area contributed by atoms with E-state index in [4.69, 9.17) is 19.5 Å². The van der Waals surface area contributed by atoms with Gasteiger partial charge in [0.15, 0.2) is 0 Å². The van der Waals surface area contributed by atoms with Crippen LogP contribution < -0.4 is 10.1 Å². The van der Waals surface area contributed by atoms with Crippen molar-refractivity contribution in [2.45, 2.75) is 33.3 Å². The number of aryl methyl sites for hydroxylation is 1. The van der Waals surface area contributed by atoms with Crippen LogP contribution in [0.5, 0.6) is 5.75 Å². The van der Waals surface area contributed by atoms with Gasteiger partial charge in [-0.2, -0.15) is 0 Å². The molecule has 10 heteroatoms. The van der Waals surface area contributed by atoms with Crippen LogP contribution in [0.25, 0.3) is 11.3 Å². The van der Waals surface area contributed by atoms with E-state index in [0.717, 1.165) is 55.9 Å². The number of amidine groups is 1. The van der Waals surface area contributed by atoms with Crippen LogP contribution in [0.1, 0.15) is 25.6 Å². The van der Waals surface area contributed by atoms with Crippen LogP contribution in [0, 0.1) is 6.92 Å². The van der Waals surface area contributed by atoms with E-state index in [1.54, 1.807) is 23.3 Å². The van der Waals surface area contributed by atoms with Crippen molar-refractivity contribution in [3.8, 4) is 17.0 Å². The van der Waals surface area contributed by atoms with E-state index >= 15 is 0 Å². The number of aromatic nitrogens is 1. The van der Waals surface area contributed by atoms with Gasteiger partial charge in [0, 0.05) is 0 Å². The zero-order chi connectivity index (χ0) is 26.6. The van der Waals surface area contributed by atoms with E-state index < -0.39 is 5.60 Å². The molecule has 0 saturated carbocycles. The van der Waals surface area contributed by atoms with Crippen molar-refractivity contribution in [2.24, 2.45) is 4.99 Å². The molecule has 37 heavy (non-hydrogen) atoms.